The van der Waals surface area contributed by atoms with Gasteiger partial charge in [0.1, 0.15) is 6.61 Å². The largest absolute Gasteiger partial charge is 0.445 e. The van der Waals surface area contributed by atoms with Gasteiger partial charge in [0, 0.05) is 19.6 Å². The van der Waals surface area contributed by atoms with Gasteiger partial charge in [-0.2, -0.15) is 0 Å². The Kier molecular flexibility index (Phi) is 7.66. The predicted molar refractivity (Wildman–Crippen MR) is 113 cm³/mol. The van der Waals surface area contributed by atoms with Crippen LogP contribution in [0.4, 0.5) is 4.79 Å². The SMILES string of the molecule is CC(C)(C)[Si](C)(C)OC1CCN(CCNC(=O)OCc2ccccc2)C(=O)C1. The Morgan fingerprint density at radius 3 is 2.54 bits per heavy atom. The monoisotopic (exact) mass is 406 g/mol. The van der Waals surface area contributed by atoms with Gasteiger partial charge in [-0.15, -0.1) is 0 Å². The molecule has 0 spiro atoms. The van der Waals surface area contributed by atoms with E-state index in [1.54, 1.807) is 4.90 Å². The van der Waals surface area contributed by atoms with E-state index in [1.807, 2.05) is 30.3 Å². The molecular formula is C21H34N2O4Si. The first kappa shape index (κ1) is 22.4. The number of carbonyl (C=O) groups is 2. The van der Waals surface area contributed by atoms with Crippen LogP contribution in [0, 0.1) is 0 Å². The second-order valence-electron chi connectivity index (χ2n) is 8.86. The molecule has 1 fully saturated rings. The minimum atomic E-state index is -1.87. The lowest BCUT2D eigenvalue weighted by Gasteiger charge is -2.41. The lowest BCUT2D eigenvalue weighted by Crippen LogP contribution is -2.50. The highest BCUT2D eigenvalue weighted by atomic mass is 28.4. The van der Waals surface area contributed by atoms with Crippen molar-refractivity contribution < 1.29 is 18.8 Å². The summed E-state index contributed by atoms with van der Waals surface area (Å²) in [4.78, 5) is 26.0. The fourth-order valence-electron chi connectivity index (χ4n) is 2.85. The summed E-state index contributed by atoms with van der Waals surface area (Å²) in [7, 11) is -1.87. The maximum Gasteiger partial charge on any atom is 0.407 e. The van der Waals surface area contributed by atoms with E-state index >= 15 is 0 Å². The maximum absolute atomic E-state index is 12.4. The van der Waals surface area contributed by atoms with E-state index in [4.69, 9.17) is 9.16 Å². The zero-order valence-electron chi connectivity index (χ0n) is 17.8. The Balaban J connectivity index is 1.68. The van der Waals surface area contributed by atoms with Gasteiger partial charge in [0.25, 0.3) is 0 Å². The molecule has 0 aromatic heterocycles. The third-order valence-electron chi connectivity index (χ3n) is 5.61. The third kappa shape index (κ3) is 6.63. The number of alkyl carbamates (subject to hydrolysis) is 1. The van der Waals surface area contributed by atoms with Crippen LogP contribution in [0.5, 0.6) is 0 Å². The summed E-state index contributed by atoms with van der Waals surface area (Å²) < 4.78 is 11.6. The molecule has 0 radical (unpaired) electrons. The standard InChI is InChI=1S/C21H34N2O4Si/c1-21(2,3)28(4,5)27-18-11-13-23(19(24)15-18)14-12-22-20(25)26-16-17-9-7-6-8-10-17/h6-10,18H,11-16H2,1-5H3,(H,22,25). The van der Waals surface area contributed by atoms with Crippen molar-refractivity contribution in [3.63, 3.8) is 0 Å². The average Bonchev–Trinajstić information content (AvgIpc) is 2.61. The molecule has 1 aliphatic rings. The number of hydrogen-bond donors (Lipinski definition) is 1. The first-order valence-corrected chi connectivity index (χ1v) is 12.9. The van der Waals surface area contributed by atoms with Gasteiger partial charge in [-0.05, 0) is 30.1 Å². The highest BCUT2D eigenvalue weighted by Crippen LogP contribution is 2.38. The lowest BCUT2D eigenvalue weighted by atomic mass is 10.1. The molecule has 28 heavy (non-hydrogen) atoms. The van der Waals surface area contributed by atoms with Crippen molar-refractivity contribution in [2.45, 2.75) is 64.5 Å². The quantitative estimate of drug-likeness (QED) is 0.697. The van der Waals surface area contributed by atoms with Crippen molar-refractivity contribution >= 4 is 20.3 Å². The van der Waals surface area contributed by atoms with Gasteiger partial charge in [-0.1, -0.05) is 51.1 Å². The summed E-state index contributed by atoms with van der Waals surface area (Å²) in [5, 5.41) is 2.85. The Bertz CT molecular complexity index is 658. The van der Waals surface area contributed by atoms with E-state index < -0.39 is 14.4 Å². The molecule has 7 heteroatoms. The molecule has 156 valence electrons. The number of rotatable bonds is 7. The zero-order chi connectivity index (χ0) is 20.8. The Morgan fingerprint density at radius 2 is 1.93 bits per heavy atom. The van der Waals surface area contributed by atoms with E-state index in [-0.39, 0.29) is 23.7 Å². The van der Waals surface area contributed by atoms with E-state index in [9.17, 15) is 9.59 Å². The highest BCUT2D eigenvalue weighted by molar-refractivity contribution is 6.74. The zero-order valence-corrected chi connectivity index (χ0v) is 18.8. The highest BCUT2D eigenvalue weighted by Gasteiger charge is 2.40. The second-order valence-corrected chi connectivity index (χ2v) is 13.6. The van der Waals surface area contributed by atoms with Crippen molar-refractivity contribution in [3.8, 4) is 0 Å². The molecule has 1 heterocycles. The molecule has 0 bridgehead atoms. The van der Waals surface area contributed by atoms with Gasteiger partial charge in [0.05, 0.1) is 12.5 Å². The van der Waals surface area contributed by atoms with Crippen LogP contribution in [-0.4, -0.2) is 51.0 Å². The molecule has 6 nitrogen and oxygen atoms in total. The summed E-state index contributed by atoms with van der Waals surface area (Å²) in [5.74, 6) is 0.0920. The summed E-state index contributed by atoms with van der Waals surface area (Å²) >= 11 is 0. The van der Waals surface area contributed by atoms with Crippen molar-refractivity contribution in [1.82, 2.24) is 10.2 Å². The number of benzene rings is 1. The number of hydrogen-bond acceptors (Lipinski definition) is 4. The van der Waals surface area contributed by atoms with Crippen molar-refractivity contribution in [3.05, 3.63) is 35.9 Å². The van der Waals surface area contributed by atoms with Gasteiger partial charge < -0.3 is 19.4 Å². The molecule has 1 aromatic carbocycles. The van der Waals surface area contributed by atoms with Crippen LogP contribution < -0.4 is 5.32 Å². The molecule has 1 aromatic rings. The average molecular weight is 407 g/mol. The van der Waals surface area contributed by atoms with E-state index in [0.29, 0.717) is 26.1 Å². The summed E-state index contributed by atoms with van der Waals surface area (Å²) in [6, 6.07) is 9.53. The van der Waals surface area contributed by atoms with E-state index in [2.05, 4.69) is 39.2 Å². The minimum Gasteiger partial charge on any atom is -0.445 e. The van der Waals surface area contributed by atoms with Crippen LogP contribution >= 0.6 is 0 Å². The fraction of sp³-hybridized carbons (Fsp3) is 0.619. The van der Waals surface area contributed by atoms with Gasteiger partial charge in [-0.3, -0.25) is 4.79 Å². The molecule has 2 rings (SSSR count). The van der Waals surface area contributed by atoms with Crippen LogP contribution in [0.1, 0.15) is 39.2 Å². The molecule has 2 amide bonds. The Morgan fingerprint density at radius 1 is 1.25 bits per heavy atom. The number of ether oxygens (including phenoxy) is 1. The Labute approximate surface area is 169 Å². The smallest absolute Gasteiger partial charge is 0.407 e. The molecule has 0 aliphatic carbocycles. The van der Waals surface area contributed by atoms with Crippen LogP contribution in [0.2, 0.25) is 18.1 Å². The molecule has 1 N–H and O–H groups in total. The number of amides is 2. The molecule has 1 atom stereocenters. The molecule has 1 aliphatic heterocycles. The summed E-state index contributed by atoms with van der Waals surface area (Å²) in [6.07, 6.45) is 0.808. The van der Waals surface area contributed by atoms with E-state index in [0.717, 1.165) is 12.0 Å². The van der Waals surface area contributed by atoms with Gasteiger partial charge in [-0.25, -0.2) is 4.79 Å². The summed E-state index contributed by atoms with van der Waals surface area (Å²) in [6.45, 7) is 12.8. The maximum atomic E-state index is 12.4. The predicted octanol–water partition coefficient (Wildman–Crippen LogP) is 3.93. The lowest BCUT2D eigenvalue weighted by molar-refractivity contribution is -0.136. The topological polar surface area (TPSA) is 67.9 Å². The second kappa shape index (κ2) is 9.56. The molecule has 1 unspecified atom stereocenters. The number of likely N-dealkylation sites (tertiary alicyclic amines) is 1. The molecule has 1 saturated heterocycles. The van der Waals surface area contributed by atoms with Gasteiger partial charge >= 0.3 is 6.09 Å². The minimum absolute atomic E-state index is 0.00781. The number of carbonyl (C=O) groups excluding carboxylic acids is 2. The molecular weight excluding hydrogens is 372 g/mol. The first-order valence-electron chi connectivity index (χ1n) is 9.98. The third-order valence-corrected chi connectivity index (χ3v) is 10.1. The van der Waals surface area contributed by atoms with Crippen LogP contribution in [0.25, 0.3) is 0 Å². The first-order chi connectivity index (χ1) is 13.1. The fourth-order valence-corrected chi connectivity index (χ4v) is 4.24. The molecule has 0 saturated carbocycles. The van der Waals surface area contributed by atoms with Crippen molar-refractivity contribution in [2.24, 2.45) is 0 Å². The number of nitrogens with one attached hydrogen (secondary N) is 1. The van der Waals surface area contributed by atoms with Crippen LogP contribution in [-0.2, 0) is 20.6 Å². The van der Waals surface area contributed by atoms with Crippen molar-refractivity contribution in [2.75, 3.05) is 19.6 Å². The van der Waals surface area contributed by atoms with Gasteiger partial charge in [0.15, 0.2) is 8.32 Å². The Hall–Kier alpha value is -1.86. The number of nitrogens with zero attached hydrogens (tertiary/aromatic N) is 1. The normalized spacial score (nSPS) is 18.1. The van der Waals surface area contributed by atoms with E-state index in [1.165, 1.54) is 0 Å². The van der Waals surface area contributed by atoms with Crippen LogP contribution in [0.3, 0.4) is 0 Å². The number of piperidine rings is 1. The van der Waals surface area contributed by atoms with Gasteiger partial charge in [0.2, 0.25) is 5.91 Å². The van der Waals surface area contributed by atoms with Crippen molar-refractivity contribution in [1.29, 1.82) is 0 Å². The van der Waals surface area contributed by atoms with Crippen LogP contribution in [0.15, 0.2) is 30.3 Å². The summed E-state index contributed by atoms with van der Waals surface area (Å²) in [5.41, 5.74) is 0.941.